The number of amides is 1. The normalized spacial score (nSPS) is 10.1. The van der Waals surface area contributed by atoms with Crippen LogP contribution in [-0.4, -0.2) is 39.9 Å². The van der Waals surface area contributed by atoms with Gasteiger partial charge in [-0.05, 0) is 25.0 Å². The highest BCUT2D eigenvalue weighted by Crippen LogP contribution is 2.21. The van der Waals surface area contributed by atoms with Crippen molar-refractivity contribution in [1.82, 2.24) is 4.90 Å². The van der Waals surface area contributed by atoms with Crippen molar-refractivity contribution in [2.45, 2.75) is 20.3 Å². The first-order valence-electron chi connectivity index (χ1n) is 6.13. The number of nitro benzene ring substituents is 1. The molecule has 0 aliphatic rings. The Hall–Kier alpha value is -2.44. The van der Waals surface area contributed by atoms with Crippen LogP contribution >= 0.6 is 0 Å². The minimum Gasteiger partial charge on any atom is -0.480 e. The first-order valence-corrected chi connectivity index (χ1v) is 6.13. The molecule has 7 nitrogen and oxygen atoms in total. The zero-order valence-corrected chi connectivity index (χ0v) is 11.3. The predicted octanol–water partition coefficient (Wildman–Crippen LogP) is 1.84. The van der Waals surface area contributed by atoms with Crippen molar-refractivity contribution in [2.75, 3.05) is 13.1 Å². The summed E-state index contributed by atoms with van der Waals surface area (Å²) in [6.07, 6.45) is 0.568. The number of rotatable bonds is 6. The standard InChI is InChI=1S/C13H16N2O5/c1-3-6-14(8-12(16)17)13(18)10-7-9(2)4-5-11(10)15(19)20/h4-5,7H,3,6,8H2,1-2H3,(H,16,17). The van der Waals surface area contributed by atoms with Crippen molar-refractivity contribution in [3.05, 3.63) is 39.4 Å². The molecule has 0 aliphatic heterocycles. The van der Waals surface area contributed by atoms with E-state index in [2.05, 4.69) is 0 Å². The maximum Gasteiger partial charge on any atom is 0.323 e. The van der Waals surface area contributed by atoms with Gasteiger partial charge in [0.15, 0.2) is 0 Å². The van der Waals surface area contributed by atoms with E-state index in [-0.39, 0.29) is 17.8 Å². The molecule has 108 valence electrons. The molecule has 20 heavy (non-hydrogen) atoms. The van der Waals surface area contributed by atoms with Gasteiger partial charge in [-0.1, -0.05) is 13.0 Å². The third kappa shape index (κ3) is 3.78. The van der Waals surface area contributed by atoms with Gasteiger partial charge in [0, 0.05) is 12.6 Å². The average molecular weight is 280 g/mol. The van der Waals surface area contributed by atoms with E-state index < -0.39 is 23.3 Å². The Morgan fingerprint density at radius 2 is 2.05 bits per heavy atom. The lowest BCUT2D eigenvalue weighted by molar-refractivity contribution is -0.385. The number of carboxylic acids is 1. The summed E-state index contributed by atoms with van der Waals surface area (Å²) in [5.41, 5.74) is 0.308. The second kappa shape index (κ2) is 6.65. The molecule has 1 N–H and O–H groups in total. The molecule has 0 heterocycles. The van der Waals surface area contributed by atoms with Gasteiger partial charge in [0.1, 0.15) is 12.1 Å². The number of aliphatic carboxylic acids is 1. The van der Waals surface area contributed by atoms with Gasteiger partial charge in [-0.3, -0.25) is 19.7 Å². The maximum atomic E-state index is 12.3. The van der Waals surface area contributed by atoms with E-state index in [9.17, 15) is 19.7 Å². The number of carbonyl (C=O) groups is 2. The number of aryl methyl sites for hydroxylation is 1. The van der Waals surface area contributed by atoms with Crippen molar-refractivity contribution in [3.63, 3.8) is 0 Å². The van der Waals surface area contributed by atoms with Gasteiger partial charge in [-0.15, -0.1) is 0 Å². The summed E-state index contributed by atoms with van der Waals surface area (Å²) in [6.45, 7) is 3.27. The lowest BCUT2D eigenvalue weighted by atomic mass is 10.1. The zero-order chi connectivity index (χ0) is 15.3. The second-order valence-electron chi connectivity index (χ2n) is 4.40. The molecule has 0 spiro atoms. The quantitative estimate of drug-likeness (QED) is 0.633. The number of carbonyl (C=O) groups excluding carboxylic acids is 1. The minimum atomic E-state index is -1.15. The van der Waals surface area contributed by atoms with Gasteiger partial charge in [0.2, 0.25) is 0 Å². The lowest BCUT2D eigenvalue weighted by Gasteiger charge is -2.20. The number of benzene rings is 1. The first kappa shape index (κ1) is 15.6. The molecule has 0 saturated carbocycles. The van der Waals surface area contributed by atoms with Crippen LogP contribution in [0.3, 0.4) is 0 Å². The fourth-order valence-corrected chi connectivity index (χ4v) is 1.84. The van der Waals surface area contributed by atoms with Crippen LogP contribution in [0, 0.1) is 17.0 Å². The molecule has 0 unspecified atom stereocenters. The molecule has 0 fully saturated rings. The van der Waals surface area contributed by atoms with E-state index in [4.69, 9.17) is 5.11 Å². The number of nitrogens with zero attached hydrogens (tertiary/aromatic N) is 2. The van der Waals surface area contributed by atoms with Gasteiger partial charge in [0.05, 0.1) is 4.92 Å². The van der Waals surface area contributed by atoms with Crippen LogP contribution < -0.4 is 0 Å². The lowest BCUT2D eigenvalue weighted by Crippen LogP contribution is -2.36. The molecule has 0 bridgehead atoms. The Balaban J connectivity index is 3.19. The molecule has 7 heteroatoms. The van der Waals surface area contributed by atoms with Gasteiger partial charge in [0.25, 0.3) is 11.6 Å². The highest BCUT2D eigenvalue weighted by molar-refractivity contribution is 5.99. The van der Waals surface area contributed by atoms with E-state index in [1.807, 2.05) is 0 Å². The van der Waals surface area contributed by atoms with Crippen LogP contribution in [0.15, 0.2) is 18.2 Å². The molecule has 1 aromatic carbocycles. The first-order chi connectivity index (χ1) is 9.36. The molecule has 0 aromatic heterocycles. The fraction of sp³-hybridized carbons (Fsp3) is 0.385. The Labute approximate surface area is 116 Å². The highest BCUT2D eigenvalue weighted by atomic mass is 16.6. The van der Waals surface area contributed by atoms with E-state index in [0.717, 1.165) is 4.90 Å². The highest BCUT2D eigenvalue weighted by Gasteiger charge is 2.25. The second-order valence-corrected chi connectivity index (χ2v) is 4.40. The molecule has 0 radical (unpaired) electrons. The van der Waals surface area contributed by atoms with E-state index in [1.165, 1.54) is 18.2 Å². The van der Waals surface area contributed by atoms with Crippen LogP contribution in [-0.2, 0) is 4.79 Å². The number of hydrogen-bond acceptors (Lipinski definition) is 4. The van der Waals surface area contributed by atoms with Gasteiger partial charge in [-0.2, -0.15) is 0 Å². The van der Waals surface area contributed by atoms with E-state index >= 15 is 0 Å². The third-order valence-corrected chi connectivity index (χ3v) is 2.69. The monoisotopic (exact) mass is 280 g/mol. The van der Waals surface area contributed by atoms with Gasteiger partial charge >= 0.3 is 5.97 Å². The summed E-state index contributed by atoms with van der Waals surface area (Å²) in [4.78, 5) is 34.5. The minimum absolute atomic E-state index is 0.0790. The Morgan fingerprint density at radius 3 is 2.55 bits per heavy atom. The molecule has 1 amide bonds. The van der Waals surface area contributed by atoms with Crippen molar-refractivity contribution in [1.29, 1.82) is 0 Å². The van der Waals surface area contributed by atoms with Crippen LogP contribution in [0.1, 0.15) is 29.3 Å². The molecule has 1 aromatic rings. The fourth-order valence-electron chi connectivity index (χ4n) is 1.84. The molecular formula is C13H16N2O5. The van der Waals surface area contributed by atoms with Gasteiger partial charge < -0.3 is 10.0 Å². The zero-order valence-electron chi connectivity index (χ0n) is 11.3. The molecule has 1 rings (SSSR count). The Morgan fingerprint density at radius 1 is 1.40 bits per heavy atom. The van der Waals surface area contributed by atoms with E-state index in [0.29, 0.717) is 12.0 Å². The molecule has 0 saturated heterocycles. The number of hydrogen-bond donors (Lipinski definition) is 1. The molecule has 0 aliphatic carbocycles. The summed E-state index contributed by atoms with van der Waals surface area (Å²) in [7, 11) is 0. The van der Waals surface area contributed by atoms with E-state index in [1.54, 1.807) is 13.8 Å². The summed E-state index contributed by atoms with van der Waals surface area (Å²) < 4.78 is 0. The maximum absolute atomic E-state index is 12.3. The summed E-state index contributed by atoms with van der Waals surface area (Å²) in [5.74, 6) is -1.79. The van der Waals surface area contributed by atoms with Crippen LogP contribution in [0.2, 0.25) is 0 Å². The third-order valence-electron chi connectivity index (χ3n) is 2.69. The predicted molar refractivity (Wildman–Crippen MR) is 71.7 cm³/mol. The van der Waals surface area contributed by atoms with Crippen LogP contribution in [0.5, 0.6) is 0 Å². The number of nitro groups is 1. The average Bonchev–Trinajstić information content (AvgIpc) is 2.36. The van der Waals surface area contributed by atoms with Crippen LogP contribution in [0.25, 0.3) is 0 Å². The summed E-state index contributed by atoms with van der Waals surface area (Å²) in [6, 6.07) is 4.20. The van der Waals surface area contributed by atoms with Crippen molar-refractivity contribution in [2.24, 2.45) is 0 Å². The molecular weight excluding hydrogens is 264 g/mol. The van der Waals surface area contributed by atoms with Crippen molar-refractivity contribution < 1.29 is 19.6 Å². The SMILES string of the molecule is CCCN(CC(=O)O)C(=O)c1cc(C)ccc1[N+](=O)[O-]. The van der Waals surface area contributed by atoms with Gasteiger partial charge in [-0.25, -0.2) is 0 Å². The van der Waals surface area contributed by atoms with Crippen molar-refractivity contribution >= 4 is 17.6 Å². The Bertz CT molecular complexity index is 542. The largest absolute Gasteiger partial charge is 0.480 e. The molecule has 0 atom stereocenters. The number of carboxylic acid groups (broad SMARTS) is 1. The van der Waals surface area contributed by atoms with Crippen molar-refractivity contribution in [3.8, 4) is 0 Å². The summed E-state index contributed by atoms with van der Waals surface area (Å²) >= 11 is 0. The summed E-state index contributed by atoms with van der Waals surface area (Å²) in [5, 5.41) is 19.8. The topological polar surface area (TPSA) is 101 Å². The Kier molecular flexibility index (Phi) is 5.19. The van der Waals surface area contributed by atoms with Crippen LogP contribution in [0.4, 0.5) is 5.69 Å². The smallest absolute Gasteiger partial charge is 0.323 e.